The maximum absolute atomic E-state index is 12.8. The van der Waals surface area contributed by atoms with Crippen LogP contribution in [0.5, 0.6) is 5.75 Å². The first-order chi connectivity index (χ1) is 13.2. The summed E-state index contributed by atoms with van der Waals surface area (Å²) in [6.45, 7) is 1.86. The number of aromatic nitrogens is 1. The molecule has 136 valence electrons. The van der Waals surface area contributed by atoms with Gasteiger partial charge < -0.3 is 4.74 Å². The first-order valence-electron chi connectivity index (χ1n) is 9.04. The van der Waals surface area contributed by atoms with Crippen molar-refractivity contribution in [3.05, 3.63) is 71.4 Å². The van der Waals surface area contributed by atoms with Crippen molar-refractivity contribution in [1.29, 1.82) is 0 Å². The summed E-state index contributed by atoms with van der Waals surface area (Å²) < 4.78 is 5.17. The molecule has 1 aromatic heterocycles. The quantitative estimate of drug-likeness (QED) is 0.546. The van der Waals surface area contributed by atoms with Gasteiger partial charge in [-0.25, -0.2) is 5.43 Å². The van der Waals surface area contributed by atoms with Crippen LogP contribution in [0.3, 0.4) is 0 Å². The van der Waals surface area contributed by atoms with E-state index >= 15 is 0 Å². The minimum atomic E-state index is -0.219. The van der Waals surface area contributed by atoms with Gasteiger partial charge in [-0.15, -0.1) is 0 Å². The summed E-state index contributed by atoms with van der Waals surface area (Å²) >= 11 is 0. The number of ether oxygens (including phenoxy) is 1. The summed E-state index contributed by atoms with van der Waals surface area (Å²) in [5.74, 6) is 1.04. The van der Waals surface area contributed by atoms with Gasteiger partial charge in [-0.1, -0.05) is 18.2 Å². The molecule has 1 heterocycles. The van der Waals surface area contributed by atoms with Gasteiger partial charge in [0.05, 0.1) is 23.9 Å². The lowest BCUT2D eigenvalue weighted by molar-refractivity contribution is 0.0956. The Balaban J connectivity index is 1.60. The van der Waals surface area contributed by atoms with E-state index in [9.17, 15) is 4.79 Å². The Bertz CT molecular complexity index is 1020. The van der Waals surface area contributed by atoms with Crippen molar-refractivity contribution < 1.29 is 9.53 Å². The van der Waals surface area contributed by atoms with Crippen molar-refractivity contribution in [2.45, 2.75) is 25.7 Å². The van der Waals surface area contributed by atoms with E-state index in [1.165, 1.54) is 0 Å². The van der Waals surface area contributed by atoms with Crippen LogP contribution in [-0.2, 0) is 0 Å². The number of amides is 1. The van der Waals surface area contributed by atoms with Crippen molar-refractivity contribution in [2.75, 3.05) is 7.11 Å². The van der Waals surface area contributed by atoms with Crippen LogP contribution in [0.1, 0.15) is 47.3 Å². The van der Waals surface area contributed by atoms with Crippen LogP contribution in [0.4, 0.5) is 0 Å². The van der Waals surface area contributed by atoms with Gasteiger partial charge in [0.2, 0.25) is 0 Å². The molecule has 2 aromatic carbocycles. The number of rotatable bonds is 5. The van der Waals surface area contributed by atoms with E-state index in [0.717, 1.165) is 46.5 Å². The SMILES string of the molecule is COc1ccc(/C(C)=N\NC(=O)c2cc(C3CC3)nc3ccccc23)cc1. The number of carbonyl (C=O) groups excluding carboxylic acids is 1. The van der Waals surface area contributed by atoms with Crippen molar-refractivity contribution in [2.24, 2.45) is 5.10 Å². The second-order valence-corrected chi connectivity index (χ2v) is 6.75. The number of carbonyl (C=O) groups is 1. The molecule has 0 saturated heterocycles. The molecule has 0 spiro atoms. The molecule has 0 aliphatic heterocycles. The molecule has 1 saturated carbocycles. The molecule has 5 heteroatoms. The summed E-state index contributed by atoms with van der Waals surface area (Å²) in [4.78, 5) is 17.5. The third-order valence-corrected chi connectivity index (χ3v) is 4.81. The van der Waals surface area contributed by atoms with Crippen molar-refractivity contribution in [3.63, 3.8) is 0 Å². The molecule has 1 fully saturated rings. The van der Waals surface area contributed by atoms with Crippen LogP contribution in [0.15, 0.2) is 59.7 Å². The molecule has 1 aliphatic carbocycles. The standard InChI is InChI=1S/C22H21N3O2/c1-14(15-9-11-17(27-2)12-10-15)24-25-22(26)19-13-21(16-7-8-16)23-20-6-4-3-5-18(19)20/h3-6,9-13,16H,7-8H2,1-2H3,(H,25,26)/b24-14-. The maximum Gasteiger partial charge on any atom is 0.272 e. The first kappa shape index (κ1) is 17.2. The molecular formula is C22H21N3O2. The van der Waals surface area contributed by atoms with Crippen molar-refractivity contribution in [1.82, 2.24) is 10.4 Å². The van der Waals surface area contributed by atoms with Crippen LogP contribution in [0.25, 0.3) is 10.9 Å². The Hall–Kier alpha value is -3.21. The topological polar surface area (TPSA) is 63.6 Å². The third kappa shape index (κ3) is 3.67. The van der Waals surface area contributed by atoms with Gasteiger partial charge in [-0.2, -0.15) is 5.10 Å². The summed E-state index contributed by atoms with van der Waals surface area (Å²) in [7, 11) is 1.63. The van der Waals surface area contributed by atoms with Gasteiger partial charge in [-0.05, 0) is 61.7 Å². The number of methoxy groups -OCH3 is 1. The Kier molecular flexibility index (Phi) is 4.59. The number of benzene rings is 2. The zero-order chi connectivity index (χ0) is 18.8. The van der Waals surface area contributed by atoms with Gasteiger partial charge in [0.1, 0.15) is 5.75 Å². The van der Waals surface area contributed by atoms with E-state index in [-0.39, 0.29) is 5.91 Å². The number of hydrazone groups is 1. The van der Waals surface area contributed by atoms with Gasteiger partial charge in [-0.3, -0.25) is 9.78 Å². The predicted molar refractivity (Wildman–Crippen MR) is 106 cm³/mol. The van der Waals surface area contributed by atoms with Gasteiger partial charge in [0.25, 0.3) is 5.91 Å². The maximum atomic E-state index is 12.8. The lowest BCUT2D eigenvalue weighted by atomic mass is 10.1. The average Bonchev–Trinajstić information content (AvgIpc) is 3.56. The monoisotopic (exact) mass is 359 g/mol. The minimum absolute atomic E-state index is 0.219. The number of nitrogens with one attached hydrogen (secondary N) is 1. The molecule has 4 rings (SSSR count). The molecule has 0 atom stereocenters. The molecule has 1 amide bonds. The lowest BCUT2D eigenvalue weighted by Gasteiger charge is -2.09. The highest BCUT2D eigenvalue weighted by molar-refractivity contribution is 6.07. The van der Waals surface area contributed by atoms with Gasteiger partial charge in [0.15, 0.2) is 0 Å². The summed E-state index contributed by atoms with van der Waals surface area (Å²) in [6, 6.07) is 17.2. The molecule has 3 aromatic rings. The van der Waals surface area contributed by atoms with E-state index < -0.39 is 0 Å². The number of hydrogen-bond acceptors (Lipinski definition) is 4. The predicted octanol–water partition coefficient (Wildman–Crippen LogP) is 4.27. The summed E-state index contributed by atoms with van der Waals surface area (Å²) in [6.07, 6.45) is 2.28. The number of fused-ring (bicyclic) bond motifs is 1. The first-order valence-corrected chi connectivity index (χ1v) is 9.04. The normalized spacial score (nSPS) is 14.2. The molecule has 27 heavy (non-hydrogen) atoms. The highest BCUT2D eigenvalue weighted by Gasteiger charge is 2.26. The van der Waals surface area contributed by atoms with Crippen LogP contribution in [0.2, 0.25) is 0 Å². The zero-order valence-electron chi connectivity index (χ0n) is 15.4. The average molecular weight is 359 g/mol. The van der Waals surface area contributed by atoms with Crippen LogP contribution >= 0.6 is 0 Å². The van der Waals surface area contributed by atoms with Crippen LogP contribution in [0, 0.1) is 0 Å². The van der Waals surface area contributed by atoms with Gasteiger partial charge in [0, 0.05) is 17.0 Å². The second kappa shape index (κ2) is 7.19. The van der Waals surface area contributed by atoms with E-state index in [2.05, 4.69) is 10.5 Å². The Morgan fingerprint density at radius 2 is 1.89 bits per heavy atom. The minimum Gasteiger partial charge on any atom is -0.497 e. The zero-order valence-corrected chi connectivity index (χ0v) is 15.4. The van der Waals surface area contributed by atoms with Crippen LogP contribution in [-0.4, -0.2) is 23.7 Å². The Morgan fingerprint density at radius 3 is 2.59 bits per heavy atom. The number of hydrogen-bond donors (Lipinski definition) is 1. The fourth-order valence-electron chi connectivity index (χ4n) is 3.06. The number of para-hydroxylation sites is 1. The van der Waals surface area contributed by atoms with Crippen molar-refractivity contribution in [3.8, 4) is 5.75 Å². The molecule has 0 bridgehead atoms. The largest absolute Gasteiger partial charge is 0.497 e. The summed E-state index contributed by atoms with van der Waals surface area (Å²) in [5.41, 5.74) is 6.81. The number of pyridine rings is 1. The fourth-order valence-corrected chi connectivity index (χ4v) is 3.06. The third-order valence-electron chi connectivity index (χ3n) is 4.81. The number of nitrogens with zero attached hydrogens (tertiary/aromatic N) is 2. The molecular weight excluding hydrogens is 338 g/mol. The summed E-state index contributed by atoms with van der Waals surface area (Å²) in [5, 5.41) is 5.12. The highest BCUT2D eigenvalue weighted by Crippen LogP contribution is 2.40. The van der Waals surface area contributed by atoms with Crippen molar-refractivity contribution >= 4 is 22.5 Å². The van der Waals surface area contributed by atoms with Gasteiger partial charge >= 0.3 is 0 Å². The molecule has 1 aliphatic rings. The highest BCUT2D eigenvalue weighted by atomic mass is 16.5. The lowest BCUT2D eigenvalue weighted by Crippen LogP contribution is -2.20. The van der Waals surface area contributed by atoms with Crippen LogP contribution < -0.4 is 10.2 Å². The van der Waals surface area contributed by atoms with E-state index in [1.54, 1.807) is 7.11 Å². The molecule has 1 N–H and O–H groups in total. The molecule has 5 nitrogen and oxygen atoms in total. The fraction of sp³-hybridized carbons (Fsp3) is 0.227. The molecule has 0 radical (unpaired) electrons. The van der Waals surface area contributed by atoms with E-state index in [0.29, 0.717) is 11.5 Å². The Morgan fingerprint density at radius 1 is 1.15 bits per heavy atom. The smallest absolute Gasteiger partial charge is 0.272 e. The second-order valence-electron chi connectivity index (χ2n) is 6.75. The van der Waals surface area contributed by atoms with E-state index in [4.69, 9.17) is 9.72 Å². The van der Waals surface area contributed by atoms with E-state index in [1.807, 2.05) is 61.5 Å². The Labute approximate surface area is 158 Å². The molecule has 0 unspecified atom stereocenters.